The van der Waals surface area contributed by atoms with Crippen molar-refractivity contribution < 1.29 is 9.59 Å². The second-order valence-electron chi connectivity index (χ2n) is 6.11. The summed E-state index contributed by atoms with van der Waals surface area (Å²) in [6.45, 7) is 3.91. The zero-order valence-electron chi connectivity index (χ0n) is 15.2. The summed E-state index contributed by atoms with van der Waals surface area (Å²) in [5.41, 5.74) is 4.13. The summed E-state index contributed by atoms with van der Waals surface area (Å²) in [5, 5.41) is 10.0. The lowest BCUT2D eigenvalue weighted by Crippen LogP contribution is -2.19. The van der Waals surface area contributed by atoms with Crippen LogP contribution in [0.15, 0.2) is 48.5 Å². The summed E-state index contributed by atoms with van der Waals surface area (Å²) in [4.78, 5) is 24.3. The number of anilines is 1. The summed E-state index contributed by atoms with van der Waals surface area (Å²) in [6.07, 6.45) is 0. The number of rotatable bonds is 4. The zero-order valence-corrected chi connectivity index (χ0v) is 16.0. The third-order valence-electron chi connectivity index (χ3n) is 4.08. The Morgan fingerprint density at radius 1 is 1.00 bits per heavy atom. The van der Waals surface area contributed by atoms with Gasteiger partial charge in [-0.25, -0.2) is 4.68 Å². The van der Waals surface area contributed by atoms with E-state index in [9.17, 15) is 9.59 Å². The van der Waals surface area contributed by atoms with Crippen LogP contribution >= 0.6 is 11.6 Å². The SMILES string of the molecule is CNC(=O)c1cc(NC(=O)c2ccc(-n3nc(C)cc3C)cc2)ccc1Cl. The van der Waals surface area contributed by atoms with Crippen molar-refractivity contribution in [1.29, 1.82) is 0 Å². The number of aromatic nitrogens is 2. The van der Waals surface area contributed by atoms with Crippen LogP contribution in [0.4, 0.5) is 5.69 Å². The molecule has 27 heavy (non-hydrogen) atoms. The first-order valence-corrected chi connectivity index (χ1v) is 8.73. The summed E-state index contributed by atoms with van der Waals surface area (Å²) < 4.78 is 1.83. The van der Waals surface area contributed by atoms with Crippen molar-refractivity contribution in [2.75, 3.05) is 12.4 Å². The number of aryl methyl sites for hydroxylation is 2. The second-order valence-corrected chi connectivity index (χ2v) is 6.52. The molecule has 2 amide bonds. The number of carbonyl (C=O) groups is 2. The number of hydrogen-bond acceptors (Lipinski definition) is 3. The van der Waals surface area contributed by atoms with Gasteiger partial charge in [0, 0.05) is 24.0 Å². The van der Waals surface area contributed by atoms with Gasteiger partial charge in [0.1, 0.15) is 0 Å². The molecule has 0 spiro atoms. The van der Waals surface area contributed by atoms with Crippen LogP contribution in [-0.2, 0) is 0 Å². The fraction of sp³-hybridized carbons (Fsp3) is 0.150. The van der Waals surface area contributed by atoms with Gasteiger partial charge in [0.25, 0.3) is 11.8 Å². The predicted octanol–water partition coefficient (Wildman–Crippen LogP) is 3.75. The number of nitrogens with zero attached hydrogens (tertiary/aromatic N) is 2. The average molecular weight is 383 g/mol. The van der Waals surface area contributed by atoms with E-state index in [0.29, 0.717) is 21.8 Å². The van der Waals surface area contributed by atoms with Crippen molar-refractivity contribution in [3.8, 4) is 5.69 Å². The highest BCUT2D eigenvalue weighted by atomic mass is 35.5. The number of amides is 2. The van der Waals surface area contributed by atoms with Crippen LogP contribution in [0.1, 0.15) is 32.1 Å². The van der Waals surface area contributed by atoms with Crippen molar-refractivity contribution in [3.63, 3.8) is 0 Å². The molecule has 0 saturated heterocycles. The Bertz CT molecular complexity index is 1010. The van der Waals surface area contributed by atoms with Crippen LogP contribution in [0.5, 0.6) is 0 Å². The van der Waals surface area contributed by atoms with Gasteiger partial charge in [-0.1, -0.05) is 11.6 Å². The molecular weight excluding hydrogens is 364 g/mol. The van der Waals surface area contributed by atoms with E-state index in [0.717, 1.165) is 17.1 Å². The highest BCUT2D eigenvalue weighted by Gasteiger charge is 2.12. The van der Waals surface area contributed by atoms with Gasteiger partial charge < -0.3 is 10.6 Å². The number of hydrogen-bond donors (Lipinski definition) is 2. The van der Waals surface area contributed by atoms with Crippen molar-refractivity contribution in [3.05, 3.63) is 76.1 Å². The van der Waals surface area contributed by atoms with Gasteiger partial charge >= 0.3 is 0 Å². The van der Waals surface area contributed by atoms with Crippen LogP contribution in [0.3, 0.4) is 0 Å². The number of carbonyl (C=O) groups excluding carboxylic acids is 2. The van der Waals surface area contributed by atoms with Crippen molar-refractivity contribution in [2.24, 2.45) is 0 Å². The molecule has 1 aromatic heterocycles. The van der Waals surface area contributed by atoms with Gasteiger partial charge in [-0.3, -0.25) is 9.59 Å². The highest BCUT2D eigenvalue weighted by molar-refractivity contribution is 6.34. The van der Waals surface area contributed by atoms with Gasteiger partial charge in [0.05, 0.1) is 22.0 Å². The second kappa shape index (κ2) is 7.63. The van der Waals surface area contributed by atoms with Crippen molar-refractivity contribution >= 4 is 29.1 Å². The number of nitrogens with one attached hydrogen (secondary N) is 2. The molecule has 0 saturated carbocycles. The van der Waals surface area contributed by atoms with Crippen molar-refractivity contribution in [1.82, 2.24) is 15.1 Å². The number of halogens is 1. The lowest BCUT2D eigenvalue weighted by atomic mass is 10.1. The lowest BCUT2D eigenvalue weighted by Gasteiger charge is -2.09. The molecule has 0 fully saturated rings. The van der Waals surface area contributed by atoms with Gasteiger partial charge in [-0.05, 0) is 62.4 Å². The van der Waals surface area contributed by atoms with Crippen LogP contribution < -0.4 is 10.6 Å². The first-order valence-electron chi connectivity index (χ1n) is 8.35. The fourth-order valence-corrected chi connectivity index (χ4v) is 2.96. The minimum atomic E-state index is -0.315. The Labute approximate surface area is 162 Å². The average Bonchev–Trinajstić information content (AvgIpc) is 3.00. The minimum Gasteiger partial charge on any atom is -0.355 e. The van der Waals surface area contributed by atoms with E-state index in [1.807, 2.05) is 36.7 Å². The Kier molecular flexibility index (Phi) is 5.28. The van der Waals surface area contributed by atoms with Gasteiger partial charge in [0.15, 0.2) is 0 Å². The molecule has 2 N–H and O–H groups in total. The monoisotopic (exact) mass is 382 g/mol. The Morgan fingerprint density at radius 3 is 2.30 bits per heavy atom. The Hall–Kier alpha value is -3.12. The molecule has 0 aliphatic carbocycles. The molecule has 0 bridgehead atoms. The van der Waals surface area contributed by atoms with Crippen LogP contribution in [0.2, 0.25) is 5.02 Å². The summed E-state index contributed by atoms with van der Waals surface area (Å²) in [6, 6.07) is 13.9. The molecule has 0 radical (unpaired) electrons. The van der Waals surface area contributed by atoms with Gasteiger partial charge in [-0.2, -0.15) is 5.10 Å². The third-order valence-corrected chi connectivity index (χ3v) is 4.41. The predicted molar refractivity (Wildman–Crippen MR) is 106 cm³/mol. The summed E-state index contributed by atoms with van der Waals surface area (Å²) in [5.74, 6) is -0.592. The molecular formula is C20H19ClN4O2. The summed E-state index contributed by atoms with van der Waals surface area (Å²) in [7, 11) is 1.52. The summed E-state index contributed by atoms with van der Waals surface area (Å²) >= 11 is 6.03. The Morgan fingerprint density at radius 2 is 1.70 bits per heavy atom. The topological polar surface area (TPSA) is 76.0 Å². The maximum atomic E-state index is 12.5. The molecule has 6 nitrogen and oxygen atoms in total. The molecule has 0 aliphatic rings. The molecule has 138 valence electrons. The molecule has 3 rings (SSSR count). The molecule has 1 heterocycles. The lowest BCUT2D eigenvalue weighted by molar-refractivity contribution is 0.0961. The van der Waals surface area contributed by atoms with E-state index in [4.69, 9.17) is 11.6 Å². The molecule has 2 aromatic carbocycles. The fourth-order valence-electron chi connectivity index (χ4n) is 2.76. The maximum Gasteiger partial charge on any atom is 0.255 e. The molecule has 3 aromatic rings. The van der Waals surface area contributed by atoms with Gasteiger partial charge in [0.2, 0.25) is 0 Å². The largest absolute Gasteiger partial charge is 0.355 e. The third kappa shape index (κ3) is 4.01. The van der Waals surface area contributed by atoms with Gasteiger partial charge in [-0.15, -0.1) is 0 Å². The van der Waals surface area contributed by atoms with E-state index >= 15 is 0 Å². The zero-order chi connectivity index (χ0) is 19.6. The first-order chi connectivity index (χ1) is 12.9. The smallest absolute Gasteiger partial charge is 0.255 e. The molecule has 0 unspecified atom stereocenters. The van der Waals surface area contributed by atoms with Crippen LogP contribution in [0, 0.1) is 13.8 Å². The van der Waals surface area contributed by atoms with Crippen molar-refractivity contribution in [2.45, 2.75) is 13.8 Å². The maximum absolute atomic E-state index is 12.5. The quantitative estimate of drug-likeness (QED) is 0.721. The van der Waals surface area contributed by atoms with E-state index < -0.39 is 0 Å². The molecule has 0 aliphatic heterocycles. The van der Waals surface area contributed by atoms with Crippen LogP contribution in [0.25, 0.3) is 5.69 Å². The standard InChI is InChI=1S/C20H19ClN4O2/c1-12-10-13(2)25(24-12)16-7-4-14(5-8-16)19(26)23-15-6-9-18(21)17(11-15)20(27)22-3/h4-11H,1-3H3,(H,22,27)(H,23,26). The first kappa shape index (κ1) is 18.7. The Balaban J connectivity index is 1.79. The molecule has 0 atom stereocenters. The highest BCUT2D eigenvalue weighted by Crippen LogP contribution is 2.21. The van der Waals surface area contributed by atoms with E-state index in [1.165, 1.54) is 7.05 Å². The number of benzene rings is 2. The normalized spacial score (nSPS) is 10.5. The van der Waals surface area contributed by atoms with E-state index in [-0.39, 0.29) is 11.8 Å². The van der Waals surface area contributed by atoms with Crippen LogP contribution in [-0.4, -0.2) is 28.6 Å². The minimum absolute atomic E-state index is 0.278. The van der Waals surface area contributed by atoms with E-state index in [2.05, 4.69) is 15.7 Å². The molecule has 7 heteroatoms. The van der Waals surface area contributed by atoms with E-state index in [1.54, 1.807) is 30.3 Å².